The lowest BCUT2D eigenvalue weighted by atomic mass is 9.87. The first-order valence-corrected chi connectivity index (χ1v) is 11.1. The number of benzene rings is 1. The highest BCUT2D eigenvalue weighted by Gasteiger charge is 2.40. The number of nitrogen functional groups attached to an aromatic ring is 1. The Morgan fingerprint density at radius 3 is 2.60 bits per heavy atom. The molecular weight excluding hydrogens is 408 g/mol. The van der Waals surface area contributed by atoms with E-state index in [9.17, 15) is 13.2 Å². The summed E-state index contributed by atoms with van der Waals surface area (Å²) in [4.78, 5) is 15.6. The standard InChI is InChI=1S/C21H26N2O6S/c1-13-4-6-16(7-5-13)30(25,26)27-12-20-21(28-15(3)24)14(2)10-19(29-20)17-8-9-23-11-18(17)22/h4-9,11,14,19-21H,10,12,22H2,1-3H3/t14-,19-,20-,21+/m1/s1. The number of hydrogen-bond donors (Lipinski definition) is 1. The van der Waals surface area contributed by atoms with Gasteiger partial charge in [0.05, 0.1) is 29.5 Å². The summed E-state index contributed by atoms with van der Waals surface area (Å²) >= 11 is 0. The van der Waals surface area contributed by atoms with Crippen molar-refractivity contribution in [1.29, 1.82) is 0 Å². The van der Waals surface area contributed by atoms with Gasteiger partial charge in [-0.2, -0.15) is 8.42 Å². The van der Waals surface area contributed by atoms with Crippen molar-refractivity contribution in [3.05, 3.63) is 53.9 Å². The molecule has 1 aliphatic rings. The highest BCUT2D eigenvalue weighted by Crippen LogP contribution is 2.38. The van der Waals surface area contributed by atoms with Gasteiger partial charge in [0.15, 0.2) is 0 Å². The second-order valence-electron chi connectivity index (χ2n) is 7.51. The van der Waals surface area contributed by atoms with Crippen LogP contribution in [0.4, 0.5) is 5.69 Å². The summed E-state index contributed by atoms with van der Waals surface area (Å²) in [7, 11) is -3.99. The molecule has 0 spiro atoms. The van der Waals surface area contributed by atoms with Gasteiger partial charge in [-0.25, -0.2) is 0 Å². The summed E-state index contributed by atoms with van der Waals surface area (Å²) in [6.07, 6.45) is 1.88. The van der Waals surface area contributed by atoms with Gasteiger partial charge in [0.2, 0.25) is 0 Å². The maximum Gasteiger partial charge on any atom is 0.303 e. The lowest BCUT2D eigenvalue weighted by molar-refractivity contribution is -0.186. The van der Waals surface area contributed by atoms with E-state index in [2.05, 4.69) is 4.98 Å². The van der Waals surface area contributed by atoms with E-state index in [-0.39, 0.29) is 17.4 Å². The Morgan fingerprint density at radius 1 is 1.27 bits per heavy atom. The molecule has 1 aromatic carbocycles. The second-order valence-corrected chi connectivity index (χ2v) is 9.12. The molecular formula is C21H26N2O6S. The molecule has 4 atom stereocenters. The summed E-state index contributed by atoms with van der Waals surface area (Å²) in [5.41, 5.74) is 8.20. The molecule has 0 amide bonds. The second kappa shape index (κ2) is 9.11. The summed E-state index contributed by atoms with van der Waals surface area (Å²) < 4.78 is 42.0. The number of nitrogens with two attached hydrogens (primary N) is 1. The van der Waals surface area contributed by atoms with E-state index in [1.807, 2.05) is 13.8 Å². The molecule has 1 saturated heterocycles. The highest BCUT2D eigenvalue weighted by molar-refractivity contribution is 7.86. The minimum absolute atomic E-state index is 0.0518. The smallest absolute Gasteiger partial charge is 0.303 e. The first-order chi connectivity index (χ1) is 14.2. The lowest BCUT2D eigenvalue weighted by Crippen LogP contribution is -2.46. The van der Waals surface area contributed by atoms with Crippen molar-refractivity contribution in [2.75, 3.05) is 12.3 Å². The van der Waals surface area contributed by atoms with E-state index < -0.39 is 34.4 Å². The van der Waals surface area contributed by atoms with Gasteiger partial charge in [0, 0.05) is 18.7 Å². The van der Waals surface area contributed by atoms with Crippen molar-refractivity contribution in [3.63, 3.8) is 0 Å². The third-order valence-corrected chi connectivity index (χ3v) is 6.38. The summed E-state index contributed by atoms with van der Waals surface area (Å²) in [6.45, 7) is 4.80. The Labute approximate surface area is 176 Å². The summed E-state index contributed by atoms with van der Waals surface area (Å²) in [6, 6.07) is 8.12. The quantitative estimate of drug-likeness (QED) is 0.545. The number of carbonyl (C=O) groups excluding carboxylic acids is 1. The SMILES string of the molecule is CC(=O)O[C@H]1[C@H](C)C[C@H](c2ccncc2N)O[C@@H]1COS(=O)(=O)c1ccc(C)cc1. The molecule has 9 heteroatoms. The number of aromatic nitrogens is 1. The van der Waals surface area contributed by atoms with Crippen molar-refractivity contribution in [3.8, 4) is 0 Å². The van der Waals surface area contributed by atoms with Gasteiger partial charge in [-0.05, 0) is 37.5 Å². The number of esters is 1. The van der Waals surface area contributed by atoms with Gasteiger partial charge < -0.3 is 15.2 Å². The van der Waals surface area contributed by atoms with Crippen molar-refractivity contribution < 1.29 is 26.9 Å². The van der Waals surface area contributed by atoms with Crippen LogP contribution in [0.2, 0.25) is 0 Å². The molecule has 2 aromatic rings. The van der Waals surface area contributed by atoms with Gasteiger partial charge in [-0.3, -0.25) is 14.0 Å². The largest absolute Gasteiger partial charge is 0.459 e. The predicted octanol–water partition coefficient (Wildman–Crippen LogP) is 2.78. The number of nitrogens with zero attached hydrogens (tertiary/aromatic N) is 1. The average molecular weight is 435 g/mol. The summed E-state index contributed by atoms with van der Waals surface area (Å²) in [5, 5.41) is 0. The Kier molecular flexibility index (Phi) is 6.74. The van der Waals surface area contributed by atoms with Crippen molar-refractivity contribution >= 4 is 21.8 Å². The van der Waals surface area contributed by atoms with E-state index >= 15 is 0 Å². The van der Waals surface area contributed by atoms with Gasteiger partial charge in [-0.1, -0.05) is 24.6 Å². The fourth-order valence-electron chi connectivity index (χ4n) is 3.54. The molecule has 0 saturated carbocycles. The zero-order chi connectivity index (χ0) is 21.9. The molecule has 0 aliphatic carbocycles. The minimum Gasteiger partial charge on any atom is -0.459 e. The molecule has 2 heterocycles. The van der Waals surface area contributed by atoms with Crippen LogP contribution in [0.1, 0.15) is 37.5 Å². The Hall–Kier alpha value is -2.49. The molecule has 1 aromatic heterocycles. The first-order valence-electron chi connectivity index (χ1n) is 9.65. The first kappa shape index (κ1) is 22.2. The van der Waals surface area contributed by atoms with Crippen LogP contribution >= 0.6 is 0 Å². The fraction of sp³-hybridized carbons (Fsp3) is 0.429. The van der Waals surface area contributed by atoms with Crippen LogP contribution in [0, 0.1) is 12.8 Å². The monoisotopic (exact) mass is 434 g/mol. The van der Waals surface area contributed by atoms with Crippen LogP contribution in [0.5, 0.6) is 0 Å². The number of aryl methyl sites for hydroxylation is 1. The molecule has 30 heavy (non-hydrogen) atoms. The topological polar surface area (TPSA) is 118 Å². The van der Waals surface area contributed by atoms with Crippen LogP contribution in [0.25, 0.3) is 0 Å². The lowest BCUT2D eigenvalue weighted by Gasteiger charge is -2.40. The molecule has 0 bridgehead atoms. The molecule has 8 nitrogen and oxygen atoms in total. The maximum atomic E-state index is 12.6. The molecule has 1 aliphatic heterocycles. The fourth-order valence-corrected chi connectivity index (χ4v) is 4.46. The van der Waals surface area contributed by atoms with Gasteiger partial charge >= 0.3 is 5.97 Å². The molecule has 3 rings (SSSR count). The van der Waals surface area contributed by atoms with Crippen LogP contribution in [-0.4, -0.2) is 38.2 Å². The number of rotatable bonds is 6. The van der Waals surface area contributed by atoms with Crippen molar-refractivity contribution in [2.45, 2.75) is 50.4 Å². The number of hydrogen-bond acceptors (Lipinski definition) is 8. The third-order valence-electron chi connectivity index (χ3n) is 5.09. The highest BCUT2D eigenvalue weighted by atomic mass is 32.2. The normalized spacial score (nSPS) is 24.4. The van der Waals surface area contributed by atoms with Gasteiger partial charge in [-0.15, -0.1) is 0 Å². The minimum atomic E-state index is -3.99. The van der Waals surface area contributed by atoms with E-state index in [0.29, 0.717) is 12.1 Å². The zero-order valence-electron chi connectivity index (χ0n) is 17.1. The van der Waals surface area contributed by atoms with Crippen LogP contribution in [0.3, 0.4) is 0 Å². The Balaban J connectivity index is 1.81. The Bertz CT molecular complexity index is 993. The molecule has 0 unspecified atom stereocenters. The Morgan fingerprint density at radius 2 is 1.97 bits per heavy atom. The third kappa shape index (κ3) is 5.16. The zero-order valence-corrected chi connectivity index (χ0v) is 18.0. The number of carbonyl (C=O) groups is 1. The predicted molar refractivity (Wildman–Crippen MR) is 110 cm³/mol. The van der Waals surface area contributed by atoms with Gasteiger partial charge in [0.1, 0.15) is 12.2 Å². The number of pyridine rings is 1. The van der Waals surface area contributed by atoms with E-state index in [1.165, 1.54) is 25.3 Å². The molecule has 1 fully saturated rings. The van der Waals surface area contributed by atoms with E-state index in [0.717, 1.165) is 11.1 Å². The maximum absolute atomic E-state index is 12.6. The van der Waals surface area contributed by atoms with E-state index in [4.69, 9.17) is 19.4 Å². The average Bonchev–Trinajstić information content (AvgIpc) is 2.69. The number of anilines is 1. The van der Waals surface area contributed by atoms with Crippen molar-refractivity contribution in [2.24, 2.45) is 5.92 Å². The van der Waals surface area contributed by atoms with Gasteiger partial charge in [0.25, 0.3) is 10.1 Å². The number of ether oxygens (including phenoxy) is 2. The van der Waals surface area contributed by atoms with E-state index in [1.54, 1.807) is 24.4 Å². The molecule has 0 radical (unpaired) electrons. The van der Waals surface area contributed by atoms with Crippen LogP contribution in [0.15, 0.2) is 47.6 Å². The van der Waals surface area contributed by atoms with Crippen molar-refractivity contribution in [1.82, 2.24) is 4.98 Å². The molecule has 162 valence electrons. The van der Waals surface area contributed by atoms with Crippen LogP contribution < -0.4 is 5.73 Å². The molecule has 2 N–H and O–H groups in total. The summed E-state index contributed by atoms with van der Waals surface area (Å²) in [5.74, 6) is -0.570. The van der Waals surface area contributed by atoms with Crippen LogP contribution in [-0.2, 0) is 28.6 Å².